The summed E-state index contributed by atoms with van der Waals surface area (Å²) in [5, 5.41) is 1.71. The van der Waals surface area contributed by atoms with Crippen LogP contribution >= 0.6 is 11.3 Å². The van der Waals surface area contributed by atoms with Gasteiger partial charge in [-0.25, -0.2) is 18.2 Å². The number of thiophene rings is 1. The number of rotatable bonds is 5. The topological polar surface area (TPSA) is 91.8 Å². The Balaban J connectivity index is 1.59. The fourth-order valence-corrected chi connectivity index (χ4v) is 4.62. The average Bonchev–Trinajstić information content (AvgIpc) is 3.18. The number of carbonyl (C=O) groups excluding carboxylic acids is 1. The molecule has 0 bridgehead atoms. The van der Waals surface area contributed by atoms with E-state index in [2.05, 4.69) is 9.71 Å². The van der Waals surface area contributed by atoms with Crippen molar-refractivity contribution in [1.82, 2.24) is 9.88 Å². The Morgan fingerprint density at radius 2 is 2.04 bits per heavy atom. The van der Waals surface area contributed by atoms with Gasteiger partial charge in [-0.3, -0.25) is 4.72 Å². The molecular weight excluding hydrogens is 376 g/mol. The van der Waals surface area contributed by atoms with Crippen LogP contribution in [-0.4, -0.2) is 57.2 Å². The second kappa shape index (κ2) is 7.92. The van der Waals surface area contributed by atoms with Crippen molar-refractivity contribution in [2.24, 2.45) is 0 Å². The first-order valence-corrected chi connectivity index (χ1v) is 10.5. The summed E-state index contributed by atoms with van der Waals surface area (Å²) in [6.45, 7) is 4.56. The van der Waals surface area contributed by atoms with Crippen LogP contribution in [0.4, 0.5) is 16.3 Å². The highest BCUT2D eigenvalue weighted by Crippen LogP contribution is 2.21. The third kappa shape index (κ3) is 4.25. The van der Waals surface area contributed by atoms with Crippen molar-refractivity contribution < 1.29 is 17.9 Å². The molecule has 140 valence electrons. The van der Waals surface area contributed by atoms with Gasteiger partial charge in [0.1, 0.15) is 10.0 Å². The van der Waals surface area contributed by atoms with Crippen molar-refractivity contribution in [2.75, 3.05) is 42.4 Å². The zero-order valence-corrected chi connectivity index (χ0v) is 15.9. The SMILES string of the molecule is CCOC(=O)N1CCN(c2ccc(NS(=O)(=O)c3cccs3)cn2)CC1. The predicted molar refractivity (Wildman–Crippen MR) is 100 cm³/mol. The molecule has 0 unspecified atom stereocenters. The van der Waals surface area contributed by atoms with Crippen molar-refractivity contribution in [1.29, 1.82) is 0 Å². The van der Waals surface area contributed by atoms with Crippen molar-refractivity contribution in [2.45, 2.75) is 11.1 Å². The summed E-state index contributed by atoms with van der Waals surface area (Å²) in [4.78, 5) is 19.8. The van der Waals surface area contributed by atoms with Gasteiger partial charge in [-0.05, 0) is 30.5 Å². The van der Waals surface area contributed by atoms with E-state index in [1.165, 1.54) is 6.20 Å². The average molecular weight is 396 g/mol. The van der Waals surface area contributed by atoms with E-state index >= 15 is 0 Å². The molecule has 2 aromatic heterocycles. The van der Waals surface area contributed by atoms with Crippen LogP contribution in [0.3, 0.4) is 0 Å². The number of nitrogens with zero attached hydrogens (tertiary/aromatic N) is 3. The Kier molecular flexibility index (Phi) is 5.62. The van der Waals surface area contributed by atoms with Crippen LogP contribution in [0.15, 0.2) is 40.1 Å². The molecule has 1 aliphatic heterocycles. The first-order chi connectivity index (χ1) is 12.5. The summed E-state index contributed by atoms with van der Waals surface area (Å²) in [5.74, 6) is 0.743. The highest BCUT2D eigenvalue weighted by molar-refractivity contribution is 7.94. The zero-order chi connectivity index (χ0) is 18.6. The van der Waals surface area contributed by atoms with Gasteiger partial charge < -0.3 is 14.5 Å². The Bertz CT molecular complexity index is 830. The number of hydrogen-bond donors (Lipinski definition) is 1. The quantitative estimate of drug-likeness (QED) is 0.833. The molecular formula is C16H20N4O4S2. The van der Waals surface area contributed by atoms with Crippen molar-refractivity contribution in [3.05, 3.63) is 35.8 Å². The second-order valence-electron chi connectivity index (χ2n) is 5.62. The minimum atomic E-state index is -3.57. The summed E-state index contributed by atoms with van der Waals surface area (Å²) in [7, 11) is -3.57. The zero-order valence-electron chi connectivity index (χ0n) is 14.3. The number of aromatic nitrogens is 1. The number of hydrogen-bond acceptors (Lipinski definition) is 7. The molecule has 26 heavy (non-hydrogen) atoms. The molecule has 0 aromatic carbocycles. The van der Waals surface area contributed by atoms with Gasteiger partial charge in [0, 0.05) is 26.2 Å². The normalized spacial score (nSPS) is 15.0. The number of nitrogens with one attached hydrogen (secondary N) is 1. The van der Waals surface area contributed by atoms with E-state index in [0.717, 1.165) is 17.2 Å². The van der Waals surface area contributed by atoms with Crippen molar-refractivity contribution in [3.63, 3.8) is 0 Å². The molecule has 0 aliphatic carbocycles. The van der Waals surface area contributed by atoms with Crippen LogP contribution in [0.1, 0.15) is 6.92 Å². The van der Waals surface area contributed by atoms with E-state index in [1.807, 2.05) is 4.90 Å². The number of pyridine rings is 1. The van der Waals surface area contributed by atoms with E-state index in [-0.39, 0.29) is 10.3 Å². The Morgan fingerprint density at radius 3 is 2.62 bits per heavy atom. The van der Waals surface area contributed by atoms with Crippen LogP contribution in [0.2, 0.25) is 0 Å². The molecule has 1 amide bonds. The van der Waals surface area contributed by atoms with Crippen LogP contribution < -0.4 is 9.62 Å². The lowest BCUT2D eigenvalue weighted by molar-refractivity contribution is 0.105. The van der Waals surface area contributed by atoms with E-state index < -0.39 is 10.0 Å². The molecule has 0 radical (unpaired) electrons. The van der Waals surface area contributed by atoms with Crippen LogP contribution in [0.25, 0.3) is 0 Å². The van der Waals surface area contributed by atoms with Gasteiger partial charge in [-0.2, -0.15) is 0 Å². The maximum Gasteiger partial charge on any atom is 0.409 e. The summed E-state index contributed by atoms with van der Waals surface area (Å²) < 4.78 is 32.2. The Hall–Kier alpha value is -2.33. The molecule has 1 aliphatic rings. The Morgan fingerprint density at radius 1 is 1.27 bits per heavy atom. The maximum absolute atomic E-state index is 12.2. The minimum absolute atomic E-state index is 0.261. The van der Waals surface area contributed by atoms with E-state index in [9.17, 15) is 13.2 Å². The summed E-state index contributed by atoms with van der Waals surface area (Å²) >= 11 is 1.16. The van der Waals surface area contributed by atoms with Crippen LogP contribution in [0, 0.1) is 0 Å². The molecule has 3 rings (SSSR count). The highest BCUT2D eigenvalue weighted by Gasteiger charge is 2.22. The number of anilines is 2. The van der Waals surface area contributed by atoms with Gasteiger partial charge in [-0.1, -0.05) is 6.07 Å². The highest BCUT2D eigenvalue weighted by atomic mass is 32.2. The number of carbonyl (C=O) groups is 1. The van der Waals surface area contributed by atoms with Crippen LogP contribution in [0.5, 0.6) is 0 Å². The second-order valence-corrected chi connectivity index (χ2v) is 8.47. The molecule has 1 saturated heterocycles. The lowest BCUT2D eigenvalue weighted by Crippen LogP contribution is -2.49. The van der Waals surface area contributed by atoms with Gasteiger partial charge in [0.2, 0.25) is 0 Å². The number of piperazine rings is 1. The Labute approximate surface area is 156 Å². The molecule has 0 saturated carbocycles. The van der Waals surface area contributed by atoms with Gasteiger partial charge in [-0.15, -0.1) is 11.3 Å². The number of amides is 1. The number of sulfonamides is 1. The fourth-order valence-electron chi connectivity index (χ4n) is 2.59. The molecule has 1 fully saturated rings. The molecule has 0 atom stereocenters. The first kappa shape index (κ1) is 18.5. The largest absolute Gasteiger partial charge is 0.450 e. The molecule has 3 heterocycles. The fraction of sp³-hybridized carbons (Fsp3) is 0.375. The third-order valence-electron chi connectivity index (χ3n) is 3.89. The summed E-state index contributed by atoms with van der Waals surface area (Å²) in [6, 6.07) is 6.70. The molecule has 8 nitrogen and oxygen atoms in total. The molecule has 0 spiro atoms. The summed E-state index contributed by atoms with van der Waals surface area (Å²) in [5.41, 5.74) is 0.410. The minimum Gasteiger partial charge on any atom is -0.450 e. The van der Waals surface area contributed by atoms with Crippen molar-refractivity contribution >= 4 is 39.0 Å². The number of ether oxygens (including phenoxy) is 1. The predicted octanol–water partition coefficient (Wildman–Crippen LogP) is 2.22. The lowest BCUT2D eigenvalue weighted by Gasteiger charge is -2.34. The standard InChI is InChI=1S/C16H20N4O4S2/c1-2-24-16(21)20-9-7-19(8-10-20)14-6-5-13(12-17-14)18-26(22,23)15-4-3-11-25-15/h3-6,11-12,18H,2,7-10H2,1H3. The smallest absolute Gasteiger partial charge is 0.409 e. The molecule has 10 heteroatoms. The van der Waals surface area contributed by atoms with Gasteiger partial charge in [0.15, 0.2) is 0 Å². The third-order valence-corrected chi connectivity index (χ3v) is 6.67. The monoisotopic (exact) mass is 396 g/mol. The molecule has 1 N–H and O–H groups in total. The lowest BCUT2D eigenvalue weighted by atomic mass is 10.3. The summed E-state index contributed by atoms with van der Waals surface area (Å²) in [6.07, 6.45) is 1.21. The van der Waals surface area contributed by atoms with Gasteiger partial charge in [0.25, 0.3) is 10.0 Å². The van der Waals surface area contributed by atoms with Crippen molar-refractivity contribution in [3.8, 4) is 0 Å². The maximum atomic E-state index is 12.2. The van der Waals surface area contributed by atoms with E-state index in [1.54, 1.807) is 41.5 Å². The molecule has 2 aromatic rings. The first-order valence-electron chi connectivity index (χ1n) is 8.18. The van der Waals surface area contributed by atoms with E-state index in [4.69, 9.17) is 4.74 Å². The van der Waals surface area contributed by atoms with Crippen LogP contribution in [-0.2, 0) is 14.8 Å². The van der Waals surface area contributed by atoms with E-state index in [0.29, 0.717) is 38.5 Å². The van der Waals surface area contributed by atoms with Gasteiger partial charge >= 0.3 is 6.09 Å². The van der Waals surface area contributed by atoms with Gasteiger partial charge in [0.05, 0.1) is 18.5 Å².